The van der Waals surface area contributed by atoms with Gasteiger partial charge in [-0.15, -0.1) is 0 Å². The van der Waals surface area contributed by atoms with E-state index in [1.54, 1.807) is 19.1 Å². The molecule has 3 heterocycles. The van der Waals surface area contributed by atoms with Crippen LogP contribution in [0.25, 0.3) is 6.08 Å². The van der Waals surface area contributed by atoms with E-state index in [-0.39, 0.29) is 29.2 Å². The first kappa shape index (κ1) is 25.8. The van der Waals surface area contributed by atoms with Crippen molar-refractivity contribution in [3.8, 4) is 5.75 Å². The maximum absolute atomic E-state index is 13.6. The molecule has 0 radical (unpaired) electrons. The minimum atomic E-state index is -0.723. The van der Waals surface area contributed by atoms with E-state index in [2.05, 4.69) is 4.99 Å². The SMILES string of the molecule is COC(=O)C1=C(C)N=c2sc(=Cc3ccc(COc4cc(F)ccc4[N+](=O)[O-])o3)c(=O)n2[C@H]1c1ccccc1. The number of esters is 1. The van der Waals surface area contributed by atoms with E-state index < -0.39 is 22.8 Å². The van der Waals surface area contributed by atoms with E-state index in [1.165, 1.54) is 17.8 Å². The Kier molecular flexibility index (Phi) is 6.94. The normalized spacial score (nSPS) is 15.1. The van der Waals surface area contributed by atoms with Gasteiger partial charge in [0, 0.05) is 18.2 Å². The van der Waals surface area contributed by atoms with Crippen LogP contribution in [0.2, 0.25) is 0 Å². The molecule has 1 aliphatic rings. The predicted octanol–water partition coefficient (Wildman–Crippen LogP) is 3.63. The van der Waals surface area contributed by atoms with Gasteiger partial charge in [-0.1, -0.05) is 41.7 Å². The second kappa shape index (κ2) is 10.5. The van der Waals surface area contributed by atoms with Crippen LogP contribution in [-0.4, -0.2) is 22.6 Å². The number of hydrogen-bond acceptors (Lipinski definition) is 9. The first-order chi connectivity index (χ1) is 18.8. The van der Waals surface area contributed by atoms with Gasteiger partial charge >= 0.3 is 11.7 Å². The van der Waals surface area contributed by atoms with Crippen molar-refractivity contribution in [2.75, 3.05) is 7.11 Å². The fraction of sp³-hybridized carbons (Fsp3) is 0.148. The number of ether oxygens (including phenoxy) is 2. The summed E-state index contributed by atoms with van der Waals surface area (Å²) < 4.78 is 31.5. The van der Waals surface area contributed by atoms with E-state index >= 15 is 0 Å². The molecule has 1 aliphatic heterocycles. The third-order valence-electron chi connectivity index (χ3n) is 5.99. The van der Waals surface area contributed by atoms with Crippen LogP contribution in [0.1, 0.15) is 30.0 Å². The number of fused-ring (bicyclic) bond motifs is 1. The fourth-order valence-electron chi connectivity index (χ4n) is 4.23. The van der Waals surface area contributed by atoms with Crippen molar-refractivity contribution < 1.29 is 28.0 Å². The summed E-state index contributed by atoms with van der Waals surface area (Å²) in [5, 5.41) is 11.2. The molecule has 39 heavy (non-hydrogen) atoms. The van der Waals surface area contributed by atoms with Crippen molar-refractivity contribution in [1.29, 1.82) is 0 Å². The Labute approximate surface area is 223 Å². The van der Waals surface area contributed by atoms with E-state index in [0.717, 1.165) is 35.1 Å². The first-order valence-electron chi connectivity index (χ1n) is 11.6. The van der Waals surface area contributed by atoms with E-state index in [4.69, 9.17) is 13.9 Å². The fourth-order valence-corrected chi connectivity index (χ4v) is 5.25. The summed E-state index contributed by atoms with van der Waals surface area (Å²) in [5.41, 5.74) is 0.701. The summed E-state index contributed by atoms with van der Waals surface area (Å²) in [6, 6.07) is 14.5. The number of carbonyl (C=O) groups excluding carboxylic acids is 1. The largest absolute Gasteiger partial charge is 0.479 e. The molecule has 12 heteroatoms. The summed E-state index contributed by atoms with van der Waals surface area (Å²) >= 11 is 1.14. The molecule has 10 nitrogen and oxygen atoms in total. The van der Waals surface area contributed by atoms with Gasteiger partial charge in [0.15, 0.2) is 10.6 Å². The Morgan fingerprint density at radius 2 is 2.00 bits per heavy atom. The lowest BCUT2D eigenvalue weighted by atomic mass is 9.96. The highest BCUT2D eigenvalue weighted by atomic mass is 32.1. The topological polar surface area (TPSA) is 126 Å². The van der Waals surface area contributed by atoms with Crippen molar-refractivity contribution in [3.05, 3.63) is 125 Å². The zero-order valence-electron chi connectivity index (χ0n) is 20.6. The number of nitro groups is 1. The van der Waals surface area contributed by atoms with Crippen molar-refractivity contribution in [2.24, 2.45) is 4.99 Å². The van der Waals surface area contributed by atoms with Gasteiger partial charge in [-0.05, 0) is 30.7 Å². The van der Waals surface area contributed by atoms with Crippen molar-refractivity contribution in [2.45, 2.75) is 19.6 Å². The van der Waals surface area contributed by atoms with Crippen LogP contribution < -0.4 is 19.6 Å². The predicted molar refractivity (Wildman–Crippen MR) is 138 cm³/mol. The number of hydrogen-bond donors (Lipinski definition) is 0. The molecule has 2 aromatic carbocycles. The second-order valence-corrected chi connectivity index (χ2v) is 9.46. The molecule has 2 aromatic heterocycles. The lowest BCUT2D eigenvalue weighted by molar-refractivity contribution is -0.386. The van der Waals surface area contributed by atoms with Crippen LogP contribution in [-0.2, 0) is 16.1 Å². The van der Waals surface area contributed by atoms with Crippen molar-refractivity contribution >= 4 is 29.1 Å². The first-order valence-corrected chi connectivity index (χ1v) is 12.4. The molecule has 0 bridgehead atoms. The number of benzene rings is 2. The van der Waals surface area contributed by atoms with Gasteiger partial charge in [0.05, 0.1) is 33.9 Å². The summed E-state index contributed by atoms with van der Waals surface area (Å²) in [4.78, 5) is 41.7. The summed E-state index contributed by atoms with van der Waals surface area (Å²) in [6.07, 6.45) is 1.54. The minimum absolute atomic E-state index is 0.199. The molecular weight excluding hydrogens is 529 g/mol. The summed E-state index contributed by atoms with van der Waals surface area (Å²) in [6.45, 7) is 1.50. The molecule has 0 N–H and O–H groups in total. The van der Waals surface area contributed by atoms with Crippen molar-refractivity contribution in [3.63, 3.8) is 0 Å². The van der Waals surface area contributed by atoms with Gasteiger partial charge in [-0.2, -0.15) is 0 Å². The van der Waals surface area contributed by atoms with Crippen LogP contribution in [0.4, 0.5) is 10.1 Å². The number of thiazole rings is 1. The molecule has 0 aliphatic carbocycles. The van der Waals surface area contributed by atoms with E-state index in [9.17, 15) is 24.1 Å². The Morgan fingerprint density at radius 3 is 2.72 bits per heavy atom. The van der Waals surface area contributed by atoms with E-state index in [0.29, 0.717) is 26.6 Å². The second-order valence-electron chi connectivity index (χ2n) is 8.45. The average molecular weight is 550 g/mol. The summed E-state index contributed by atoms with van der Waals surface area (Å²) in [5.74, 6) is -0.852. The van der Waals surface area contributed by atoms with Gasteiger partial charge in [0.2, 0.25) is 0 Å². The lowest BCUT2D eigenvalue weighted by Gasteiger charge is -2.24. The van der Waals surface area contributed by atoms with Crippen LogP contribution in [0.3, 0.4) is 0 Å². The number of nitro benzene ring substituents is 1. The molecule has 0 saturated carbocycles. The molecular formula is C27H20FN3O7S. The van der Waals surface area contributed by atoms with Gasteiger partial charge in [-0.25, -0.2) is 14.2 Å². The molecule has 0 spiro atoms. The van der Waals surface area contributed by atoms with E-state index in [1.807, 2.05) is 30.3 Å². The number of nitrogens with zero attached hydrogens (tertiary/aromatic N) is 3. The Morgan fingerprint density at radius 1 is 1.23 bits per heavy atom. The number of rotatable bonds is 7. The minimum Gasteiger partial charge on any atom is -0.479 e. The van der Waals surface area contributed by atoms with Gasteiger partial charge < -0.3 is 13.9 Å². The Balaban J connectivity index is 1.49. The number of carbonyl (C=O) groups is 1. The zero-order valence-corrected chi connectivity index (χ0v) is 21.4. The van der Waals surface area contributed by atoms with Crippen molar-refractivity contribution in [1.82, 2.24) is 4.57 Å². The molecule has 198 valence electrons. The number of allylic oxidation sites excluding steroid dienone is 1. The van der Waals surface area contributed by atoms with Crippen LogP contribution in [0.15, 0.2) is 86.1 Å². The maximum Gasteiger partial charge on any atom is 0.338 e. The average Bonchev–Trinajstić information content (AvgIpc) is 3.50. The molecule has 1 atom stereocenters. The van der Waals surface area contributed by atoms with Gasteiger partial charge in [0.25, 0.3) is 5.56 Å². The maximum atomic E-state index is 13.6. The number of aromatic nitrogens is 1. The number of halogens is 1. The monoisotopic (exact) mass is 549 g/mol. The lowest BCUT2D eigenvalue weighted by Crippen LogP contribution is -2.39. The number of furan rings is 1. The molecule has 4 aromatic rings. The quantitative estimate of drug-likeness (QED) is 0.196. The third kappa shape index (κ3) is 5.01. The van der Waals surface area contributed by atoms with Crippen LogP contribution >= 0.6 is 11.3 Å². The highest BCUT2D eigenvalue weighted by Crippen LogP contribution is 2.31. The van der Waals surface area contributed by atoms with Crippen LogP contribution in [0, 0.1) is 15.9 Å². The van der Waals surface area contributed by atoms with Gasteiger partial charge in [0.1, 0.15) is 23.9 Å². The molecule has 0 fully saturated rings. The zero-order chi connectivity index (χ0) is 27.7. The Bertz CT molecular complexity index is 1800. The smallest absolute Gasteiger partial charge is 0.338 e. The highest BCUT2D eigenvalue weighted by Gasteiger charge is 2.33. The highest BCUT2D eigenvalue weighted by molar-refractivity contribution is 7.07. The molecule has 0 saturated heterocycles. The number of methoxy groups -OCH3 is 1. The van der Waals surface area contributed by atoms with Gasteiger partial charge in [-0.3, -0.25) is 19.5 Å². The molecule has 0 amide bonds. The Hall–Kier alpha value is -4.84. The third-order valence-corrected chi connectivity index (χ3v) is 6.97. The van der Waals surface area contributed by atoms with Crippen LogP contribution in [0.5, 0.6) is 5.75 Å². The molecule has 5 rings (SSSR count). The summed E-state index contributed by atoms with van der Waals surface area (Å²) in [7, 11) is 1.28. The molecule has 0 unspecified atom stereocenters. The standard InChI is InChI=1S/C27H20FN3O7S/c1-15-23(26(33)36-2)24(16-6-4-3-5-7-16)30-25(32)22(39-27(30)29-15)13-18-9-10-19(38-18)14-37-21-12-17(28)8-11-20(21)31(34)35/h3-13,24H,14H2,1-2H3/t24-/m0/s1.